The zero-order valence-corrected chi connectivity index (χ0v) is 17.5. The fourth-order valence-corrected chi connectivity index (χ4v) is 2.88. The Bertz CT molecular complexity index is 986. The number of ether oxygens (including phenoxy) is 2. The van der Waals surface area contributed by atoms with Crippen molar-refractivity contribution in [3.8, 4) is 22.9 Å². The van der Waals surface area contributed by atoms with Crippen LogP contribution in [0.1, 0.15) is 12.8 Å². The summed E-state index contributed by atoms with van der Waals surface area (Å²) in [5.41, 5.74) is 0.771. The Balaban J connectivity index is 1.67. The summed E-state index contributed by atoms with van der Waals surface area (Å²) in [6, 6.07) is 14.1. The van der Waals surface area contributed by atoms with E-state index in [0.717, 1.165) is 5.56 Å². The van der Waals surface area contributed by atoms with Crippen LogP contribution >= 0.6 is 11.6 Å². The van der Waals surface area contributed by atoms with Gasteiger partial charge in [-0.05, 0) is 55.5 Å². The van der Waals surface area contributed by atoms with Crippen LogP contribution < -0.4 is 9.47 Å². The molecule has 0 spiro atoms. The Morgan fingerprint density at radius 2 is 1.87 bits per heavy atom. The molecule has 1 amide bonds. The van der Waals surface area contributed by atoms with Crippen molar-refractivity contribution in [3.63, 3.8) is 0 Å². The lowest BCUT2D eigenvalue weighted by Crippen LogP contribution is -2.40. The van der Waals surface area contributed by atoms with Gasteiger partial charge in [0.25, 0.3) is 5.91 Å². The van der Waals surface area contributed by atoms with Crippen LogP contribution in [0.15, 0.2) is 65.7 Å². The van der Waals surface area contributed by atoms with E-state index in [1.54, 1.807) is 73.5 Å². The Hall–Kier alpha value is -3.32. The molecule has 0 N–H and O–H groups in total. The van der Waals surface area contributed by atoms with Crippen molar-refractivity contribution in [3.05, 3.63) is 72.1 Å². The zero-order chi connectivity index (χ0) is 21.5. The Kier molecular flexibility index (Phi) is 7.08. The van der Waals surface area contributed by atoms with Gasteiger partial charge in [0.15, 0.2) is 6.10 Å². The molecule has 1 atom stereocenters. The van der Waals surface area contributed by atoms with E-state index < -0.39 is 6.10 Å². The van der Waals surface area contributed by atoms with Gasteiger partial charge in [0, 0.05) is 17.1 Å². The number of rotatable bonds is 9. The van der Waals surface area contributed by atoms with Crippen LogP contribution in [0.25, 0.3) is 11.4 Å². The molecular formula is C22H22ClN3O4. The summed E-state index contributed by atoms with van der Waals surface area (Å²) in [7, 11) is 1.59. The third-order valence-electron chi connectivity index (χ3n) is 4.28. The number of aromatic nitrogens is 2. The van der Waals surface area contributed by atoms with Crippen LogP contribution in [0.2, 0.25) is 5.02 Å². The van der Waals surface area contributed by atoms with E-state index in [0.29, 0.717) is 34.8 Å². The molecule has 0 aliphatic carbocycles. The molecule has 0 radical (unpaired) electrons. The maximum Gasteiger partial charge on any atom is 0.264 e. The summed E-state index contributed by atoms with van der Waals surface area (Å²) in [5.74, 6) is 1.79. The van der Waals surface area contributed by atoms with Gasteiger partial charge in [0.1, 0.15) is 18.0 Å². The molecule has 0 aliphatic rings. The van der Waals surface area contributed by atoms with E-state index in [2.05, 4.69) is 16.7 Å². The maximum atomic E-state index is 12.9. The minimum atomic E-state index is -0.711. The highest BCUT2D eigenvalue weighted by Crippen LogP contribution is 2.21. The molecule has 1 heterocycles. The second kappa shape index (κ2) is 9.93. The predicted molar refractivity (Wildman–Crippen MR) is 113 cm³/mol. The van der Waals surface area contributed by atoms with Crippen LogP contribution in [-0.2, 0) is 11.3 Å². The SMILES string of the molecule is C=CCN(Cc1nc(-c2ccc(Cl)cc2)no1)C(=O)[C@H](C)Oc1ccc(OC)cc1. The monoisotopic (exact) mass is 427 g/mol. The number of benzene rings is 2. The van der Waals surface area contributed by atoms with Gasteiger partial charge in [0.2, 0.25) is 11.7 Å². The van der Waals surface area contributed by atoms with Crippen molar-refractivity contribution in [1.29, 1.82) is 0 Å². The average Bonchev–Trinajstić information content (AvgIpc) is 3.22. The molecule has 3 aromatic rings. The highest BCUT2D eigenvalue weighted by molar-refractivity contribution is 6.30. The topological polar surface area (TPSA) is 77.7 Å². The zero-order valence-electron chi connectivity index (χ0n) is 16.7. The molecule has 0 saturated heterocycles. The van der Waals surface area contributed by atoms with Crippen LogP contribution in [0.4, 0.5) is 0 Å². The maximum absolute atomic E-state index is 12.9. The molecule has 156 valence electrons. The lowest BCUT2D eigenvalue weighted by Gasteiger charge is -2.23. The molecule has 3 rings (SSSR count). The van der Waals surface area contributed by atoms with E-state index >= 15 is 0 Å². The van der Waals surface area contributed by atoms with Gasteiger partial charge in [-0.25, -0.2) is 0 Å². The molecule has 30 heavy (non-hydrogen) atoms. The van der Waals surface area contributed by atoms with Crippen molar-refractivity contribution in [1.82, 2.24) is 15.0 Å². The first-order valence-corrected chi connectivity index (χ1v) is 9.67. The highest BCUT2D eigenvalue weighted by atomic mass is 35.5. The first kappa shape index (κ1) is 21.4. The summed E-state index contributed by atoms with van der Waals surface area (Å²) in [5, 5.41) is 4.60. The van der Waals surface area contributed by atoms with Gasteiger partial charge >= 0.3 is 0 Å². The van der Waals surface area contributed by atoms with E-state index in [1.807, 2.05) is 0 Å². The summed E-state index contributed by atoms with van der Waals surface area (Å²) < 4.78 is 16.2. The normalized spacial score (nSPS) is 11.6. The number of amides is 1. The molecule has 0 saturated carbocycles. The number of halogens is 1. The number of carbonyl (C=O) groups is 1. The highest BCUT2D eigenvalue weighted by Gasteiger charge is 2.23. The molecule has 0 fully saturated rings. The lowest BCUT2D eigenvalue weighted by molar-refractivity contribution is -0.138. The van der Waals surface area contributed by atoms with E-state index in [-0.39, 0.29) is 12.5 Å². The van der Waals surface area contributed by atoms with Gasteiger partial charge in [-0.2, -0.15) is 4.98 Å². The predicted octanol–water partition coefficient (Wildman–Crippen LogP) is 4.38. The number of hydrogen-bond donors (Lipinski definition) is 0. The molecule has 0 bridgehead atoms. The molecule has 1 aromatic heterocycles. The number of methoxy groups -OCH3 is 1. The largest absolute Gasteiger partial charge is 0.497 e. The van der Waals surface area contributed by atoms with Gasteiger partial charge in [-0.15, -0.1) is 6.58 Å². The first-order valence-electron chi connectivity index (χ1n) is 9.29. The van der Waals surface area contributed by atoms with Crippen LogP contribution in [-0.4, -0.2) is 40.7 Å². The van der Waals surface area contributed by atoms with Crippen molar-refractivity contribution in [2.24, 2.45) is 0 Å². The van der Waals surface area contributed by atoms with E-state index in [4.69, 9.17) is 25.6 Å². The van der Waals surface area contributed by atoms with Crippen molar-refractivity contribution >= 4 is 17.5 Å². The third-order valence-corrected chi connectivity index (χ3v) is 4.53. The summed E-state index contributed by atoms with van der Waals surface area (Å²) in [6.07, 6.45) is 0.922. The molecule has 8 heteroatoms. The van der Waals surface area contributed by atoms with Gasteiger partial charge in [-0.3, -0.25) is 4.79 Å². The summed E-state index contributed by atoms with van der Waals surface area (Å²) in [6.45, 7) is 5.86. The molecule has 7 nitrogen and oxygen atoms in total. The molecule has 0 aliphatic heterocycles. The summed E-state index contributed by atoms with van der Waals surface area (Å²) >= 11 is 5.91. The number of hydrogen-bond acceptors (Lipinski definition) is 6. The van der Waals surface area contributed by atoms with Crippen LogP contribution in [0.3, 0.4) is 0 Å². The fraction of sp³-hybridized carbons (Fsp3) is 0.227. The Labute approximate surface area is 179 Å². The quantitative estimate of drug-likeness (QED) is 0.471. The van der Waals surface area contributed by atoms with Crippen molar-refractivity contribution in [2.45, 2.75) is 19.6 Å². The minimum Gasteiger partial charge on any atom is -0.497 e. The average molecular weight is 428 g/mol. The van der Waals surface area contributed by atoms with Crippen LogP contribution in [0, 0.1) is 0 Å². The Morgan fingerprint density at radius 3 is 2.50 bits per heavy atom. The van der Waals surface area contributed by atoms with Gasteiger partial charge in [-0.1, -0.05) is 22.8 Å². The lowest BCUT2D eigenvalue weighted by atomic mass is 10.2. The van der Waals surface area contributed by atoms with Gasteiger partial charge in [0.05, 0.1) is 7.11 Å². The standard InChI is InChI=1S/C22H22ClN3O4/c1-4-13-26(22(27)15(2)29-19-11-9-18(28-3)10-12-19)14-20-24-21(25-30-20)16-5-7-17(23)8-6-16/h4-12,15H,1,13-14H2,2-3H3/t15-/m0/s1. The smallest absolute Gasteiger partial charge is 0.264 e. The minimum absolute atomic E-state index is 0.141. The van der Waals surface area contributed by atoms with E-state index in [1.165, 1.54) is 0 Å². The number of carbonyl (C=O) groups excluding carboxylic acids is 1. The third kappa shape index (κ3) is 5.39. The van der Waals surface area contributed by atoms with E-state index in [9.17, 15) is 4.79 Å². The van der Waals surface area contributed by atoms with Crippen molar-refractivity contribution < 1.29 is 18.8 Å². The second-order valence-corrected chi connectivity index (χ2v) is 6.90. The van der Waals surface area contributed by atoms with Gasteiger partial charge < -0.3 is 18.9 Å². The molecule has 0 unspecified atom stereocenters. The van der Waals surface area contributed by atoms with Crippen LogP contribution in [0.5, 0.6) is 11.5 Å². The molecule has 2 aromatic carbocycles. The summed E-state index contributed by atoms with van der Waals surface area (Å²) in [4.78, 5) is 18.8. The Morgan fingerprint density at radius 1 is 1.20 bits per heavy atom. The number of nitrogens with zero attached hydrogens (tertiary/aromatic N) is 3. The second-order valence-electron chi connectivity index (χ2n) is 6.46. The van der Waals surface area contributed by atoms with Crippen molar-refractivity contribution in [2.75, 3.05) is 13.7 Å². The first-order chi connectivity index (χ1) is 14.5. The fourth-order valence-electron chi connectivity index (χ4n) is 2.75. The molecular weight excluding hydrogens is 406 g/mol.